The lowest BCUT2D eigenvalue weighted by atomic mass is 9.92. The molecule has 0 saturated carbocycles. The number of methoxy groups -OCH3 is 1. The molecule has 0 spiro atoms. The lowest BCUT2D eigenvalue weighted by molar-refractivity contribution is -0.137. The molecule has 0 aliphatic carbocycles. The average Bonchev–Trinajstić information content (AvgIpc) is 2.42. The van der Waals surface area contributed by atoms with Crippen LogP contribution in [0.2, 0.25) is 0 Å². The molecule has 1 atom stereocenters. The highest BCUT2D eigenvalue weighted by Crippen LogP contribution is 2.37. The van der Waals surface area contributed by atoms with Gasteiger partial charge in [0.2, 0.25) is 0 Å². The molecule has 0 aliphatic heterocycles. The van der Waals surface area contributed by atoms with Gasteiger partial charge in [0.15, 0.2) is 0 Å². The second-order valence-corrected chi connectivity index (χ2v) is 5.17. The first-order valence-corrected chi connectivity index (χ1v) is 7.18. The van der Waals surface area contributed by atoms with Gasteiger partial charge in [-0.1, -0.05) is 13.0 Å². The molecule has 0 N–H and O–H groups in total. The van der Waals surface area contributed by atoms with E-state index in [1.165, 1.54) is 13.2 Å². The summed E-state index contributed by atoms with van der Waals surface area (Å²) in [7, 11) is 1.37. The van der Waals surface area contributed by atoms with Gasteiger partial charge in [0, 0.05) is 5.75 Å². The van der Waals surface area contributed by atoms with Crippen molar-refractivity contribution in [2.24, 2.45) is 0 Å². The highest BCUT2D eigenvalue weighted by Gasteiger charge is 2.31. The van der Waals surface area contributed by atoms with Gasteiger partial charge in [-0.15, -0.1) is 0 Å². The molecule has 1 aromatic rings. The number of nitriles is 1. The lowest BCUT2D eigenvalue weighted by Crippen LogP contribution is -2.08. The zero-order valence-corrected chi connectivity index (χ0v) is 12.1. The molecule has 0 radical (unpaired) electrons. The van der Waals surface area contributed by atoms with Crippen LogP contribution in [0.15, 0.2) is 18.2 Å². The monoisotopic (exact) mass is 303 g/mol. The van der Waals surface area contributed by atoms with Crippen LogP contribution in [-0.2, 0) is 6.18 Å². The molecule has 1 aromatic carbocycles. The Balaban J connectivity index is 3.01. The van der Waals surface area contributed by atoms with Gasteiger partial charge >= 0.3 is 6.18 Å². The number of rotatable bonds is 6. The minimum atomic E-state index is -4.37. The topological polar surface area (TPSA) is 33.0 Å². The number of thiocyanates is 1. The molecule has 0 amide bonds. The van der Waals surface area contributed by atoms with E-state index in [9.17, 15) is 13.2 Å². The number of alkyl halides is 3. The summed E-state index contributed by atoms with van der Waals surface area (Å²) in [6, 6.07) is 3.60. The zero-order valence-electron chi connectivity index (χ0n) is 11.3. The van der Waals surface area contributed by atoms with Gasteiger partial charge in [0.1, 0.15) is 11.2 Å². The summed E-state index contributed by atoms with van der Waals surface area (Å²) in [5.41, 5.74) is 0.0564. The van der Waals surface area contributed by atoms with Crippen LogP contribution in [0.25, 0.3) is 0 Å². The first kappa shape index (κ1) is 16.7. The summed E-state index contributed by atoms with van der Waals surface area (Å²) < 4.78 is 43.1. The Labute approximate surface area is 120 Å². The molecule has 0 aromatic heterocycles. The van der Waals surface area contributed by atoms with Crippen molar-refractivity contribution in [3.8, 4) is 11.2 Å². The summed E-state index contributed by atoms with van der Waals surface area (Å²) in [5.74, 6) is 1.00. The Morgan fingerprint density at radius 3 is 2.60 bits per heavy atom. The van der Waals surface area contributed by atoms with Crippen molar-refractivity contribution < 1.29 is 17.9 Å². The number of hydrogen-bond donors (Lipinski definition) is 0. The normalized spacial score (nSPS) is 12.8. The summed E-state index contributed by atoms with van der Waals surface area (Å²) in [4.78, 5) is 0. The fourth-order valence-corrected chi connectivity index (χ4v) is 2.54. The zero-order chi connectivity index (χ0) is 15.2. The maximum Gasteiger partial charge on any atom is 0.416 e. The van der Waals surface area contributed by atoms with Crippen molar-refractivity contribution in [1.82, 2.24) is 0 Å². The summed E-state index contributed by atoms with van der Waals surface area (Å²) in [6.07, 6.45) is -2.85. The summed E-state index contributed by atoms with van der Waals surface area (Å²) >= 11 is 1.15. The Morgan fingerprint density at radius 2 is 2.10 bits per heavy atom. The van der Waals surface area contributed by atoms with Gasteiger partial charge in [-0.3, -0.25) is 0 Å². The number of hydrogen-bond acceptors (Lipinski definition) is 3. The molecule has 2 nitrogen and oxygen atoms in total. The quantitative estimate of drug-likeness (QED) is 0.558. The van der Waals surface area contributed by atoms with Gasteiger partial charge in [-0.05, 0) is 48.2 Å². The third-order valence-corrected chi connectivity index (χ3v) is 3.70. The van der Waals surface area contributed by atoms with E-state index in [1.807, 2.05) is 12.3 Å². The number of thioether (sulfide) groups is 1. The van der Waals surface area contributed by atoms with Gasteiger partial charge in [0.05, 0.1) is 12.7 Å². The van der Waals surface area contributed by atoms with Crippen LogP contribution in [0.1, 0.15) is 36.8 Å². The van der Waals surface area contributed by atoms with E-state index < -0.39 is 11.7 Å². The number of halogens is 3. The maximum atomic E-state index is 12.7. The van der Waals surface area contributed by atoms with Crippen LogP contribution in [0, 0.1) is 10.7 Å². The van der Waals surface area contributed by atoms with Crippen LogP contribution < -0.4 is 4.74 Å². The first-order valence-electron chi connectivity index (χ1n) is 6.20. The molecule has 1 unspecified atom stereocenters. The predicted octanol–water partition coefficient (Wildman–Crippen LogP) is 4.81. The smallest absolute Gasteiger partial charge is 0.416 e. The van der Waals surface area contributed by atoms with Crippen molar-refractivity contribution >= 4 is 11.8 Å². The highest BCUT2D eigenvalue weighted by molar-refractivity contribution is 8.03. The van der Waals surface area contributed by atoms with Crippen LogP contribution in [0.4, 0.5) is 13.2 Å². The maximum absolute atomic E-state index is 12.7. The Morgan fingerprint density at radius 1 is 1.40 bits per heavy atom. The van der Waals surface area contributed by atoms with E-state index in [0.717, 1.165) is 42.3 Å². The molecular formula is C14H16F3NOS. The van der Waals surface area contributed by atoms with Gasteiger partial charge < -0.3 is 4.74 Å². The largest absolute Gasteiger partial charge is 0.496 e. The van der Waals surface area contributed by atoms with Crippen LogP contribution >= 0.6 is 11.8 Å². The van der Waals surface area contributed by atoms with Crippen LogP contribution in [0.5, 0.6) is 5.75 Å². The first-order chi connectivity index (χ1) is 9.43. The summed E-state index contributed by atoms with van der Waals surface area (Å²) in [6.45, 7) is 1.97. The minimum Gasteiger partial charge on any atom is -0.496 e. The summed E-state index contributed by atoms with van der Waals surface area (Å²) in [5, 5.41) is 10.5. The molecule has 0 bridgehead atoms. The molecule has 0 heterocycles. The highest BCUT2D eigenvalue weighted by atomic mass is 32.2. The fourth-order valence-electron chi connectivity index (χ4n) is 2.05. The molecule has 0 aliphatic rings. The van der Waals surface area contributed by atoms with Crippen molar-refractivity contribution in [3.05, 3.63) is 29.3 Å². The Kier molecular flexibility index (Phi) is 6.21. The van der Waals surface area contributed by atoms with Gasteiger partial charge in [0.25, 0.3) is 0 Å². The van der Waals surface area contributed by atoms with E-state index >= 15 is 0 Å². The molecule has 0 fully saturated rings. The molecule has 20 heavy (non-hydrogen) atoms. The second-order valence-electron chi connectivity index (χ2n) is 4.29. The fraction of sp³-hybridized carbons (Fsp3) is 0.500. The number of nitrogens with zero attached hydrogens (tertiary/aromatic N) is 1. The van der Waals surface area contributed by atoms with Crippen molar-refractivity contribution in [1.29, 1.82) is 5.26 Å². The third-order valence-electron chi connectivity index (χ3n) is 3.13. The van der Waals surface area contributed by atoms with E-state index in [4.69, 9.17) is 10.00 Å². The number of benzene rings is 1. The SMILES string of the molecule is CCC(CCSC#N)c1ccc(C(F)(F)F)cc1OC. The van der Waals surface area contributed by atoms with E-state index in [1.54, 1.807) is 0 Å². The third kappa shape index (κ3) is 4.34. The van der Waals surface area contributed by atoms with Crippen molar-refractivity contribution in [2.75, 3.05) is 12.9 Å². The standard InChI is InChI=1S/C14H16F3NOS/c1-3-10(6-7-20-9-18)12-5-4-11(14(15,16)17)8-13(12)19-2/h4-5,8,10H,3,6-7H2,1-2H3. The predicted molar refractivity (Wildman–Crippen MR) is 73.7 cm³/mol. The average molecular weight is 303 g/mol. The van der Waals surface area contributed by atoms with E-state index in [0.29, 0.717) is 5.75 Å². The van der Waals surface area contributed by atoms with E-state index in [2.05, 4.69) is 0 Å². The minimum absolute atomic E-state index is 0.0908. The van der Waals surface area contributed by atoms with Crippen molar-refractivity contribution in [2.45, 2.75) is 31.9 Å². The second kappa shape index (κ2) is 7.44. The Bertz CT molecular complexity index is 482. The molecule has 0 saturated heterocycles. The van der Waals surface area contributed by atoms with Gasteiger partial charge in [-0.25, -0.2) is 0 Å². The van der Waals surface area contributed by atoms with Crippen LogP contribution in [0.3, 0.4) is 0 Å². The van der Waals surface area contributed by atoms with E-state index in [-0.39, 0.29) is 11.7 Å². The molecular weight excluding hydrogens is 287 g/mol. The van der Waals surface area contributed by atoms with Crippen molar-refractivity contribution in [3.63, 3.8) is 0 Å². The molecule has 110 valence electrons. The number of ether oxygens (including phenoxy) is 1. The Hall–Kier alpha value is -1.35. The van der Waals surface area contributed by atoms with Gasteiger partial charge in [-0.2, -0.15) is 18.4 Å². The molecule has 6 heteroatoms. The molecule has 1 rings (SSSR count). The lowest BCUT2D eigenvalue weighted by Gasteiger charge is -2.19. The van der Waals surface area contributed by atoms with Crippen LogP contribution in [-0.4, -0.2) is 12.9 Å².